The van der Waals surface area contributed by atoms with Crippen molar-refractivity contribution in [2.75, 3.05) is 0 Å². The quantitative estimate of drug-likeness (QED) is 0.630. The standard InChI is InChI=1S/C6H6O.C5H5N.BH3/c7-6-4-2-1-3-5-6;1-2-4-6-5-3-1;/h1-5,7H;1-5H;1H3. The SMILES string of the molecule is B.Oc1ccccc1.c1ccncc1. The number of para-hydroxylation sites is 1. The summed E-state index contributed by atoms with van der Waals surface area (Å²) in [5, 5.41) is 8.63. The summed E-state index contributed by atoms with van der Waals surface area (Å²) in [6, 6.07) is 14.4. The van der Waals surface area contributed by atoms with E-state index in [0.29, 0.717) is 5.75 Å². The van der Waals surface area contributed by atoms with Gasteiger partial charge in [-0.25, -0.2) is 0 Å². The van der Waals surface area contributed by atoms with Crippen LogP contribution < -0.4 is 0 Å². The minimum Gasteiger partial charge on any atom is -0.508 e. The van der Waals surface area contributed by atoms with Crippen molar-refractivity contribution in [2.24, 2.45) is 0 Å². The number of benzene rings is 1. The van der Waals surface area contributed by atoms with Crippen molar-refractivity contribution in [3.8, 4) is 5.75 Å². The summed E-state index contributed by atoms with van der Waals surface area (Å²) in [7, 11) is 0. The molecule has 0 saturated heterocycles. The first kappa shape index (κ1) is 12.2. The molecule has 2 aromatic rings. The van der Waals surface area contributed by atoms with Gasteiger partial charge in [-0.15, -0.1) is 0 Å². The Morgan fingerprint density at radius 3 is 1.50 bits per heavy atom. The van der Waals surface area contributed by atoms with Gasteiger partial charge in [0.25, 0.3) is 0 Å². The number of rotatable bonds is 0. The highest BCUT2D eigenvalue weighted by Gasteiger charge is 1.74. The molecule has 1 aromatic heterocycles. The lowest BCUT2D eigenvalue weighted by molar-refractivity contribution is 0.475. The molecule has 1 heterocycles. The van der Waals surface area contributed by atoms with E-state index >= 15 is 0 Å². The zero-order valence-electron chi connectivity index (χ0n) is 7.17. The summed E-state index contributed by atoms with van der Waals surface area (Å²) in [6.07, 6.45) is 3.50. The van der Waals surface area contributed by atoms with Crippen LogP contribution in [-0.4, -0.2) is 18.5 Å². The van der Waals surface area contributed by atoms with Crippen LogP contribution in [-0.2, 0) is 0 Å². The van der Waals surface area contributed by atoms with Crippen molar-refractivity contribution in [1.29, 1.82) is 0 Å². The zero-order chi connectivity index (χ0) is 9.36. The fourth-order valence-corrected chi connectivity index (χ4v) is 0.741. The van der Waals surface area contributed by atoms with Crippen LogP contribution in [0.3, 0.4) is 0 Å². The topological polar surface area (TPSA) is 33.1 Å². The Morgan fingerprint density at radius 1 is 0.786 bits per heavy atom. The number of aromatic hydroxyl groups is 1. The predicted octanol–water partition coefficient (Wildman–Crippen LogP) is 1.29. The maximum Gasteiger partial charge on any atom is 0.115 e. The van der Waals surface area contributed by atoms with Gasteiger partial charge in [-0.3, -0.25) is 4.98 Å². The fraction of sp³-hybridized carbons (Fsp3) is 0. The van der Waals surface area contributed by atoms with Gasteiger partial charge < -0.3 is 5.11 Å². The average molecular weight is 187 g/mol. The molecular weight excluding hydrogens is 173 g/mol. The van der Waals surface area contributed by atoms with Gasteiger partial charge in [0.15, 0.2) is 0 Å². The Kier molecular flexibility index (Phi) is 6.87. The van der Waals surface area contributed by atoms with Crippen LogP contribution in [0.15, 0.2) is 60.9 Å². The molecular formula is C11H14BNO. The van der Waals surface area contributed by atoms with E-state index in [4.69, 9.17) is 5.11 Å². The van der Waals surface area contributed by atoms with E-state index in [1.54, 1.807) is 36.7 Å². The molecule has 0 amide bonds. The Labute approximate surface area is 85.8 Å². The molecule has 0 fully saturated rings. The molecule has 72 valence electrons. The molecule has 14 heavy (non-hydrogen) atoms. The Morgan fingerprint density at radius 2 is 1.29 bits per heavy atom. The molecule has 0 aliphatic heterocycles. The summed E-state index contributed by atoms with van der Waals surface area (Å²) < 4.78 is 0. The smallest absolute Gasteiger partial charge is 0.115 e. The van der Waals surface area contributed by atoms with E-state index in [0.717, 1.165) is 0 Å². The van der Waals surface area contributed by atoms with E-state index in [1.807, 2.05) is 24.3 Å². The molecule has 0 bridgehead atoms. The van der Waals surface area contributed by atoms with Gasteiger partial charge in [0, 0.05) is 12.4 Å². The third-order valence-corrected chi connectivity index (χ3v) is 1.32. The number of pyridine rings is 1. The largest absolute Gasteiger partial charge is 0.508 e. The lowest BCUT2D eigenvalue weighted by Crippen LogP contribution is -1.58. The molecule has 2 rings (SSSR count). The first-order chi connectivity index (χ1) is 6.39. The van der Waals surface area contributed by atoms with Crippen LogP contribution in [0.25, 0.3) is 0 Å². The number of aromatic nitrogens is 1. The van der Waals surface area contributed by atoms with Gasteiger partial charge in [0.05, 0.1) is 8.41 Å². The predicted molar refractivity (Wildman–Crippen MR) is 62.3 cm³/mol. The first-order valence-corrected chi connectivity index (χ1v) is 3.98. The van der Waals surface area contributed by atoms with Crippen LogP contribution in [0.1, 0.15) is 0 Å². The number of hydrogen-bond donors (Lipinski definition) is 1. The molecule has 0 radical (unpaired) electrons. The summed E-state index contributed by atoms with van der Waals surface area (Å²) >= 11 is 0. The minimum atomic E-state index is 0. The Hall–Kier alpha value is -1.77. The van der Waals surface area contributed by atoms with E-state index in [1.165, 1.54) is 0 Å². The van der Waals surface area contributed by atoms with Gasteiger partial charge in [-0.05, 0) is 24.3 Å². The normalized spacial score (nSPS) is 7.71. The second-order valence-electron chi connectivity index (χ2n) is 2.36. The van der Waals surface area contributed by atoms with Crippen LogP contribution in [0.2, 0.25) is 0 Å². The summed E-state index contributed by atoms with van der Waals surface area (Å²) in [5.74, 6) is 0.322. The highest BCUT2D eigenvalue weighted by molar-refractivity contribution is 5.75. The van der Waals surface area contributed by atoms with Gasteiger partial charge in [-0.1, -0.05) is 24.3 Å². The minimum absolute atomic E-state index is 0. The zero-order valence-corrected chi connectivity index (χ0v) is 7.17. The van der Waals surface area contributed by atoms with Crippen LogP contribution >= 0.6 is 0 Å². The Bertz CT molecular complexity index is 286. The van der Waals surface area contributed by atoms with Crippen LogP contribution in [0.4, 0.5) is 0 Å². The van der Waals surface area contributed by atoms with Crippen molar-refractivity contribution in [2.45, 2.75) is 0 Å². The first-order valence-electron chi connectivity index (χ1n) is 3.98. The molecule has 0 aliphatic carbocycles. The summed E-state index contributed by atoms with van der Waals surface area (Å²) in [6.45, 7) is 0. The molecule has 3 heteroatoms. The van der Waals surface area contributed by atoms with E-state index in [9.17, 15) is 0 Å². The molecule has 0 spiro atoms. The van der Waals surface area contributed by atoms with Crippen molar-refractivity contribution in [3.05, 3.63) is 60.9 Å². The second kappa shape index (κ2) is 7.86. The summed E-state index contributed by atoms with van der Waals surface area (Å²) in [5.41, 5.74) is 0. The van der Waals surface area contributed by atoms with Crippen molar-refractivity contribution in [1.82, 2.24) is 4.98 Å². The maximum atomic E-state index is 8.63. The van der Waals surface area contributed by atoms with Crippen LogP contribution in [0, 0.1) is 0 Å². The van der Waals surface area contributed by atoms with E-state index < -0.39 is 0 Å². The number of phenols is 1. The highest BCUT2D eigenvalue weighted by Crippen LogP contribution is 2.02. The lowest BCUT2D eigenvalue weighted by Gasteiger charge is -1.82. The third kappa shape index (κ3) is 5.83. The van der Waals surface area contributed by atoms with E-state index in [-0.39, 0.29) is 8.41 Å². The third-order valence-electron chi connectivity index (χ3n) is 1.32. The molecule has 2 nitrogen and oxygen atoms in total. The maximum absolute atomic E-state index is 8.63. The fourth-order valence-electron chi connectivity index (χ4n) is 0.741. The highest BCUT2D eigenvalue weighted by atomic mass is 16.3. The Balaban J connectivity index is 0.000000227. The number of nitrogens with zero attached hydrogens (tertiary/aromatic N) is 1. The monoisotopic (exact) mass is 187 g/mol. The lowest BCUT2D eigenvalue weighted by atomic mass is 10.3. The van der Waals surface area contributed by atoms with Crippen LogP contribution in [0.5, 0.6) is 5.75 Å². The van der Waals surface area contributed by atoms with Gasteiger partial charge >= 0.3 is 0 Å². The molecule has 1 N–H and O–H groups in total. The average Bonchev–Trinajstić information content (AvgIpc) is 2.22. The van der Waals surface area contributed by atoms with Gasteiger partial charge in [0.2, 0.25) is 0 Å². The van der Waals surface area contributed by atoms with Gasteiger partial charge in [-0.2, -0.15) is 0 Å². The number of hydrogen-bond acceptors (Lipinski definition) is 2. The molecule has 0 atom stereocenters. The van der Waals surface area contributed by atoms with Crippen molar-refractivity contribution >= 4 is 8.41 Å². The molecule has 0 saturated carbocycles. The second-order valence-corrected chi connectivity index (χ2v) is 2.36. The molecule has 0 unspecified atom stereocenters. The van der Waals surface area contributed by atoms with Crippen molar-refractivity contribution in [3.63, 3.8) is 0 Å². The number of phenolic OH excluding ortho intramolecular Hbond substituents is 1. The molecule has 1 aromatic carbocycles. The summed E-state index contributed by atoms with van der Waals surface area (Å²) in [4.78, 5) is 3.78. The van der Waals surface area contributed by atoms with E-state index in [2.05, 4.69) is 4.98 Å². The van der Waals surface area contributed by atoms with Gasteiger partial charge in [0.1, 0.15) is 5.75 Å². The molecule has 0 aliphatic rings. The van der Waals surface area contributed by atoms with Crippen molar-refractivity contribution < 1.29 is 5.11 Å².